The first-order valence-corrected chi connectivity index (χ1v) is 12.3. The number of Topliss-reactive ketones (excluding diaryl/α,β-unsaturated/α-hetero) is 1. The average molecular weight is 426 g/mol. The zero-order valence-electron chi connectivity index (χ0n) is 17.0. The maximum Gasteiger partial charge on any atom is 0.224 e. The van der Waals surface area contributed by atoms with Crippen LogP contribution in [0, 0.1) is 0 Å². The molecule has 0 bridgehead atoms. The third-order valence-corrected chi connectivity index (χ3v) is 8.45. The van der Waals surface area contributed by atoms with Gasteiger partial charge in [0, 0.05) is 24.1 Å². The van der Waals surface area contributed by atoms with Gasteiger partial charge in [-0.1, -0.05) is 31.0 Å². The molecular weight excluding hydrogens is 398 g/mol. The normalized spacial score (nSPS) is 16.4. The topological polar surface area (TPSA) is 80.3 Å². The van der Waals surface area contributed by atoms with Crippen LogP contribution in [0.5, 0.6) is 0 Å². The molecule has 1 amide bonds. The average Bonchev–Trinajstić information content (AvgIpc) is 3.43. The maximum absolute atomic E-state index is 12.8. The standard InChI is InChI=1S/C24H27NO4S/c26-23(19-12-11-17-5-3-6-18(17)15-19)13-14-24(27)25-20-7-4-10-22(16-20)30(28,29)21-8-1-2-9-21/h4,7,10-12,15-16,21H,1-3,5-6,8-9,13-14H2,(H,25,27). The third kappa shape index (κ3) is 4.48. The molecule has 2 aliphatic carbocycles. The van der Waals surface area contributed by atoms with Crippen molar-refractivity contribution in [1.29, 1.82) is 0 Å². The highest BCUT2D eigenvalue weighted by Gasteiger charge is 2.30. The molecule has 158 valence electrons. The van der Waals surface area contributed by atoms with Crippen LogP contribution in [0.3, 0.4) is 0 Å². The lowest BCUT2D eigenvalue weighted by molar-refractivity contribution is -0.116. The van der Waals surface area contributed by atoms with Gasteiger partial charge in [0.2, 0.25) is 5.91 Å². The van der Waals surface area contributed by atoms with Crippen molar-refractivity contribution in [2.75, 3.05) is 5.32 Å². The molecule has 30 heavy (non-hydrogen) atoms. The molecule has 0 heterocycles. The zero-order valence-corrected chi connectivity index (χ0v) is 17.8. The first-order chi connectivity index (χ1) is 14.4. The number of nitrogens with one attached hydrogen (secondary N) is 1. The van der Waals surface area contributed by atoms with Crippen LogP contribution in [0.4, 0.5) is 5.69 Å². The van der Waals surface area contributed by atoms with Gasteiger partial charge in [0.15, 0.2) is 15.6 Å². The van der Waals surface area contributed by atoms with Gasteiger partial charge in [-0.3, -0.25) is 9.59 Å². The second kappa shape index (κ2) is 8.72. The van der Waals surface area contributed by atoms with E-state index in [4.69, 9.17) is 0 Å². The molecule has 2 aromatic rings. The molecule has 0 unspecified atom stereocenters. The number of carbonyl (C=O) groups is 2. The quantitative estimate of drug-likeness (QED) is 0.663. The van der Waals surface area contributed by atoms with Crippen molar-refractivity contribution in [3.8, 4) is 0 Å². The number of benzene rings is 2. The van der Waals surface area contributed by atoms with E-state index in [2.05, 4.69) is 5.32 Å². The number of ketones is 1. The fourth-order valence-corrected chi connectivity index (χ4v) is 6.38. The van der Waals surface area contributed by atoms with Crippen LogP contribution in [0.2, 0.25) is 0 Å². The Labute approximate surface area is 177 Å². The molecule has 1 fully saturated rings. The second-order valence-corrected chi connectivity index (χ2v) is 10.5. The summed E-state index contributed by atoms with van der Waals surface area (Å²) in [5.74, 6) is -0.336. The summed E-state index contributed by atoms with van der Waals surface area (Å²) in [6.07, 6.45) is 6.69. The Morgan fingerprint density at radius 2 is 1.67 bits per heavy atom. The molecular formula is C24H27NO4S. The number of hydrogen-bond donors (Lipinski definition) is 1. The van der Waals surface area contributed by atoms with Gasteiger partial charge in [-0.2, -0.15) is 0 Å². The third-order valence-electron chi connectivity index (χ3n) is 6.19. The van der Waals surface area contributed by atoms with Crippen molar-refractivity contribution in [3.05, 3.63) is 59.2 Å². The number of amides is 1. The summed E-state index contributed by atoms with van der Waals surface area (Å²) in [6, 6.07) is 12.3. The Balaban J connectivity index is 1.35. The van der Waals surface area contributed by atoms with E-state index < -0.39 is 9.84 Å². The van der Waals surface area contributed by atoms with Gasteiger partial charge in [-0.05, 0) is 67.5 Å². The zero-order chi connectivity index (χ0) is 21.1. The molecule has 0 saturated heterocycles. The molecule has 0 radical (unpaired) electrons. The van der Waals surface area contributed by atoms with Crippen LogP contribution in [0.25, 0.3) is 0 Å². The van der Waals surface area contributed by atoms with E-state index in [1.807, 2.05) is 18.2 Å². The summed E-state index contributed by atoms with van der Waals surface area (Å²) in [5, 5.41) is 2.41. The number of carbonyl (C=O) groups excluding carboxylic acids is 2. The van der Waals surface area contributed by atoms with E-state index >= 15 is 0 Å². The van der Waals surface area contributed by atoms with Crippen molar-refractivity contribution in [3.63, 3.8) is 0 Å². The highest BCUT2D eigenvalue weighted by atomic mass is 32.2. The number of fused-ring (bicyclic) bond motifs is 1. The largest absolute Gasteiger partial charge is 0.326 e. The fourth-order valence-electron chi connectivity index (χ4n) is 4.48. The van der Waals surface area contributed by atoms with Gasteiger partial charge in [0.05, 0.1) is 10.1 Å². The van der Waals surface area contributed by atoms with Gasteiger partial charge in [0.25, 0.3) is 0 Å². The molecule has 5 nitrogen and oxygen atoms in total. The molecule has 2 aromatic carbocycles. The molecule has 0 aromatic heterocycles. The minimum atomic E-state index is -3.37. The molecule has 2 aliphatic rings. The number of rotatable bonds is 7. The summed E-state index contributed by atoms with van der Waals surface area (Å²) in [5.41, 5.74) is 3.67. The predicted molar refractivity (Wildman–Crippen MR) is 117 cm³/mol. The van der Waals surface area contributed by atoms with E-state index in [0.29, 0.717) is 24.1 Å². The van der Waals surface area contributed by atoms with Crippen molar-refractivity contribution < 1.29 is 18.0 Å². The molecule has 0 spiro atoms. The Morgan fingerprint density at radius 1 is 0.900 bits per heavy atom. The first kappa shape index (κ1) is 20.8. The maximum atomic E-state index is 12.8. The Morgan fingerprint density at radius 3 is 2.47 bits per heavy atom. The monoisotopic (exact) mass is 425 g/mol. The summed E-state index contributed by atoms with van der Waals surface area (Å²) in [7, 11) is -3.37. The van der Waals surface area contributed by atoms with Crippen LogP contribution < -0.4 is 5.32 Å². The van der Waals surface area contributed by atoms with Gasteiger partial charge in [-0.25, -0.2) is 8.42 Å². The van der Waals surface area contributed by atoms with E-state index in [-0.39, 0.29) is 34.7 Å². The van der Waals surface area contributed by atoms with Crippen LogP contribution >= 0.6 is 0 Å². The van der Waals surface area contributed by atoms with Gasteiger partial charge >= 0.3 is 0 Å². The lowest BCUT2D eigenvalue weighted by atomic mass is 10.0. The minimum Gasteiger partial charge on any atom is -0.326 e. The lowest BCUT2D eigenvalue weighted by Gasteiger charge is -2.12. The molecule has 1 saturated carbocycles. The Hall–Kier alpha value is -2.47. The van der Waals surface area contributed by atoms with Crippen LogP contribution in [0.1, 0.15) is 66.4 Å². The summed E-state index contributed by atoms with van der Waals surface area (Å²) < 4.78 is 25.5. The van der Waals surface area contributed by atoms with Crippen molar-refractivity contribution >= 4 is 27.2 Å². The number of sulfone groups is 1. The first-order valence-electron chi connectivity index (χ1n) is 10.7. The van der Waals surface area contributed by atoms with Crippen molar-refractivity contribution in [2.45, 2.75) is 67.9 Å². The van der Waals surface area contributed by atoms with Crippen molar-refractivity contribution in [2.24, 2.45) is 0 Å². The fraction of sp³-hybridized carbons (Fsp3) is 0.417. The van der Waals surface area contributed by atoms with Gasteiger partial charge in [0.1, 0.15) is 0 Å². The number of hydrogen-bond acceptors (Lipinski definition) is 4. The molecule has 0 aliphatic heterocycles. The number of anilines is 1. The van der Waals surface area contributed by atoms with Gasteiger partial charge in [-0.15, -0.1) is 0 Å². The lowest BCUT2D eigenvalue weighted by Crippen LogP contribution is -2.18. The Kier molecular flexibility index (Phi) is 6.04. The van der Waals surface area contributed by atoms with E-state index in [1.165, 1.54) is 17.2 Å². The van der Waals surface area contributed by atoms with E-state index in [9.17, 15) is 18.0 Å². The van der Waals surface area contributed by atoms with Crippen LogP contribution in [-0.4, -0.2) is 25.4 Å². The molecule has 4 rings (SSSR count). The predicted octanol–water partition coefficient (Wildman–Crippen LogP) is 4.49. The summed E-state index contributed by atoms with van der Waals surface area (Å²) in [4.78, 5) is 25.1. The smallest absolute Gasteiger partial charge is 0.224 e. The van der Waals surface area contributed by atoms with E-state index in [1.54, 1.807) is 18.2 Å². The SMILES string of the molecule is O=C(CCC(=O)c1ccc2c(c1)CCC2)Nc1cccc(S(=O)(=O)C2CCCC2)c1. The van der Waals surface area contributed by atoms with Gasteiger partial charge < -0.3 is 5.32 Å². The molecule has 0 atom stereocenters. The second-order valence-electron chi connectivity index (χ2n) is 8.29. The van der Waals surface area contributed by atoms with Crippen molar-refractivity contribution in [1.82, 2.24) is 0 Å². The Bertz CT molecular complexity index is 1070. The number of aryl methyl sites for hydroxylation is 2. The van der Waals surface area contributed by atoms with E-state index in [0.717, 1.165) is 32.1 Å². The molecule has 6 heteroatoms. The molecule has 1 N–H and O–H groups in total. The highest BCUT2D eigenvalue weighted by Crippen LogP contribution is 2.30. The van der Waals surface area contributed by atoms with Crippen LogP contribution in [0.15, 0.2) is 47.4 Å². The summed E-state index contributed by atoms with van der Waals surface area (Å²) >= 11 is 0. The minimum absolute atomic E-state index is 0.0441. The summed E-state index contributed by atoms with van der Waals surface area (Å²) in [6.45, 7) is 0. The highest BCUT2D eigenvalue weighted by molar-refractivity contribution is 7.92. The van der Waals surface area contributed by atoms with Crippen LogP contribution in [-0.2, 0) is 27.5 Å².